The normalized spacial score (nSPS) is 13.4. The molecule has 7 aromatic carbocycles. The quantitative estimate of drug-likeness (QED) is 0.189. The molecule has 0 atom stereocenters. The first kappa shape index (κ1) is 25.6. The minimum Gasteiger partial charge on any atom is -0.310 e. The number of hydrogen-bond acceptors (Lipinski definition) is 1. The van der Waals surface area contributed by atoms with Gasteiger partial charge >= 0.3 is 0 Å². The molecule has 2 aliphatic carbocycles. The molecule has 0 N–H and O–H groups in total. The molecule has 208 valence electrons. The number of anilines is 3. The highest BCUT2D eigenvalue weighted by Crippen LogP contribution is 2.63. The Balaban J connectivity index is 1.37. The molecule has 0 heterocycles. The van der Waals surface area contributed by atoms with Gasteiger partial charge in [0, 0.05) is 21.2 Å². The lowest BCUT2D eigenvalue weighted by molar-refractivity contribution is 0.793. The van der Waals surface area contributed by atoms with Crippen LogP contribution in [0.1, 0.15) is 27.8 Å². The Morgan fingerprint density at radius 2 is 0.955 bits per heavy atom. The van der Waals surface area contributed by atoms with Crippen LogP contribution in [0, 0.1) is 6.92 Å². The summed E-state index contributed by atoms with van der Waals surface area (Å²) in [5.41, 5.74) is 15.0. The van der Waals surface area contributed by atoms with Gasteiger partial charge in [0.2, 0.25) is 0 Å². The standard InChI is InChI=1S/C42H28BrN/c1-27-18-25-41(36-14-3-2-10-31(27)36)44(29-21-19-28(43)20-22-29)30-23-24-35-34-13-6-9-17-39(34)42(40(35)26-30)37-15-7-4-11-32(37)33-12-5-8-16-38(33)42/h2-26H,1H3. The number of halogens is 1. The molecule has 0 saturated carbocycles. The van der Waals surface area contributed by atoms with Gasteiger partial charge < -0.3 is 4.90 Å². The van der Waals surface area contributed by atoms with Crippen molar-refractivity contribution >= 4 is 43.8 Å². The molecule has 0 bridgehead atoms. The second kappa shape index (κ2) is 9.54. The molecule has 0 aliphatic heterocycles. The third-order valence-corrected chi connectivity index (χ3v) is 10.2. The lowest BCUT2D eigenvalue weighted by Gasteiger charge is -2.32. The third kappa shape index (κ3) is 3.40. The maximum atomic E-state index is 3.67. The van der Waals surface area contributed by atoms with Crippen molar-refractivity contribution in [3.05, 3.63) is 184 Å². The fourth-order valence-corrected chi connectivity index (χ4v) is 8.13. The van der Waals surface area contributed by atoms with Gasteiger partial charge in [-0.3, -0.25) is 0 Å². The summed E-state index contributed by atoms with van der Waals surface area (Å²) in [6.45, 7) is 2.20. The molecule has 0 radical (unpaired) electrons. The number of fused-ring (bicyclic) bond motifs is 11. The van der Waals surface area contributed by atoms with Gasteiger partial charge in [-0.2, -0.15) is 0 Å². The van der Waals surface area contributed by atoms with Crippen LogP contribution >= 0.6 is 15.9 Å². The van der Waals surface area contributed by atoms with Crippen molar-refractivity contribution in [2.75, 3.05) is 4.90 Å². The van der Waals surface area contributed by atoms with Crippen molar-refractivity contribution in [1.29, 1.82) is 0 Å². The average molecular weight is 627 g/mol. The lowest BCUT2D eigenvalue weighted by Crippen LogP contribution is -2.26. The Kier molecular flexibility index (Phi) is 5.54. The van der Waals surface area contributed by atoms with Crippen LogP contribution in [-0.4, -0.2) is 0 Å². The van der Waals surface area contributed by atoms with E-state index in [4.69, 9.17) is 0 Å². The minimum absolute atomic E-state index is 0.379. The molecule has 2 heteroatoms. The Bertz CT molecular complexity index is 2200. The highest BCUT2D eigenvalue weighted by molar-refractivity contribution is 9.10. The van der Waals surface area contributed by atoms with E-state index in [0.717, 1.165) is 15.8 Å². The molecule has 0 aromatic heterocycles. The van der Waals surface area contributed by atoms with Gasteiger partial charge in [0.25, 0.3) is 0 Å². The van der Waals surface area contributed by atoms with Gasteiger partial charge in [0.1, 0.15) is 0 Å². The van der Waals surface area contributed by atoms with Crippen LogP contribution in [0.3, 0.4) is 0 Å². The van der Waals surface area contributed by atoms with Crippen LogP contribution in [0.5, 0.6) is 0 Å². The fraction of sp³-hybridized carbons (Fsp3) is 0.0476. The largest absolute Gasteiger partial charge is 0.310 e. The van der Waals surface area contributed by atoms with Gasteiger partial charge in [-0.25, -0.2) is 0 Å². The smallest absolute Gasteiger partial charge is 0.0726 e. The molecule has 0 saturated heterocycles. The van der Waals surface area contributed by atoms with Gasteiger partial charge in [-0.15, -0.1) is 0 Å². The molecule has 2 aliphatic rings. The number of rotatable bonds is 3. The lowest BCUT2D eigenvalue weighted by atomic mass is 9.70. The highest BCUT2D eigenvalue weighted by Gasteiger charge is 2.51. The summed E-state index contributed by atoms with van der Waals surface area (Å²) >= 11 is 3.67. The molecule has 0 fully saturated rings. The van der Waals surface area contributed by atoms with Crippen LogP contribution in [0.4, 0.5) is 17.1 Å². The third-order valence-electron chi connectivity index (χ3n) is 9.68. The summed E-state index contributed by atoms with van der Waals surface area (Å²) in [6, 6.07) is 56.1. The van der Waals surface area contributed by atoms with Crippen molar-refractivity contribution < 1.29 is 0 Å². The number of hydrogen-bond donors (Lipinski definition) is 0. The van der Waals surface area contributed by atoms with E-state index < -0.39 is 0 Å². The van der Waals surface area contributed by atoms with E-state index in [0.29, 0.717) is 0 Å². The van der Waals surface area contributed by atoms with Crippen LogP contribution < -0.4 is 4.90 Å². The van der Waals surface area contributed by atoms with E-state index in [2.05, 4.69) is 179 Å². The molecule has 1 nitrogen and oxygen atoms in total. The molecule has 44 heavy (non-hydrogen) atoms. The molecular weight excluding hydrogens is 598 g/mol. The summed E-state index contributed by atoms with van der Waals surface area (Å²) in [5, 5.41) is 2.52. The molecule has 0 amide bonds. The van der Waals surface area contributed by atoms with Crippen molar-refractivity contribution in [3.63, 3.8) is 0 Å². The van der Waals surface area contributed by atoms with E-state index in [1.165, 1.54) is 66.5 Å². The fourth-order valence-electron chi connectivity index (χ4n) is 7.87. The van der Waals surface area contributed by atoms with E-state index >= 15 is 0 Å². The Morgan fingerprint density at radius 3 is 1.57 bits per heavy atom. The van der Waals surface area contributed by atoms with E-state index in [9.17, 15) is 0 Å². The highest BCUT2D eigenvalue weighted by atomic mass is 79.9. The Labute approximate surface area is 266 Å². The van der Waals surface area contributed by atoms with E-state index in [-0.39, 0.29) is 5.41 Å². The van der Waals surface area contributed by atoms with Crippen LogP contribution in [0.25, 0.3) is 33.0 Å². The molecular formula is C42H28BrN. The van der Waals surface area contributed by atoms with E-state index in [1.807, 2.05) is 0 Å². The van der Waals surface area contributed by atoms with Crippen molar-refractivity contribution in [2.24, 2.45) is 0 Å². The maximum absolute atomic E-state index is 3.67. The topological polar surface area (TPSA) is 3.24 Å². The summed E-state index contributed by atoms with van der Waals surface area (Å²) in [5.74, 6) is 0. The summed E-state index contributed by atoms with van der Waals surface area (Å²) in [7, 11) is 0. The number of benzene rings is 7. The van der Waals surface area contributed by atoms with Gasteiger partial charge in [-0.05, 0) is 105 Å². The number of nitrogens with zero attached hydrogens (tertiary/aromatic N) is 1. The second-order valence-corrected chi connectivity index (χ2v) is 12.8. The Morgan fingerprint density at radius 1 is 0.455 bits per heavy atom. The maximum Gasteiger partial charge on any atom is 0.0726 e. The predicted octanol–water partition coefficient (Wildman–Crippen LogP) is 11.7. The summed E-state index contributed by atoms with van der Waals surface area (Å²) in [4.78, 5) is 2.43. The second-order valence-electron chi connectivity index (χ2n) is 11.9. The van der Waals surface area contributed by atoms with Crippen LogP contribution in [0.15, 0.2) is 156 Å². The average Bonchev–Trinajstić information content (AvgIpc) is 3.54. The SMILES string of the molecule is Cc1ccc(N(c2ccc(Br)cc2)c2ccc3c(c2)C2(c4ccccc4-c4ccccc42)c2ccccc2-3)c2ccccc12. The van der Waals surface area contributed by atoms with Crippen LogP contribution in [0.2, 0.25) is 0 Å². The van der Waals surface area contributed by atoms with Gasteiger partial charge in [0.15, 0.2) is 0 Å². The summed E-state index contributed by atoms with van der Waals surface area (Å²) in [6.07, 6.45) is 0. The van der Waals surface area contributed by atoms with Crippen molar-refractivity contribution in [2.45, 2.75) is 12.3 Å². The predicted molar refractivity (Wildman–Crippen MR) is 187 cm³/mol. The first-order chi connectivity index (χ1) is 21.7. The zero-order chi connectivity index (χ0) is 29.4. The Hall–Kier alpha value is -4.92. The molecule has 7 aromatic rings. The van der Waals surface area contributed by atoms with E-state index in [1.54, 1.807) is 0 Å². The van der Waals surface area contributed by atoms with Gasteiger partial charge in [0.05, 0.1) is 11.1 Å². The van der Waals surface area contributed by atoms with Gasteiger partial charge in [-0.1, -0.05) is 125 Å². The zero-order valence-electron chi connectivity index (χ0n) is 24.3. The first-order valence-electron chi connectivity index (χ1n) is 15.1. The molecule has 9 rings (SSSR count). The van der Waals surface area contributed by atoms with Crippen molar-refractivity contribution in [1.82, 2.24) is 0 Å². The minimum atomic E-state index is -0.379. The summed E-state index contributed by atoms with van der Waals surface area (Å²) < 4.78 is 1.07. The first-order valence-corrected chi connectivity index (χ1v) is 15.9. The molecule has 1 spiro atoms. The van der Waals surface area contributed by atoms with Crippen LogP contribution in [-0.2, 0) is 5.41 Å². The zero-order valence-corrected chi connectivity index (χ0v) is 25.8. The van der Waals surface area contributed by atoms with Crippen molar-refractivity contribution in [3.8, 4) is 22.3 Å². The monoisotopic (exact) mass is 625 g/mol. The number of aryl methyl sites for hydroxylation is 1. The molecule has 0 unspecified atom stereocenters.